The van der Waals surface area contributed by atoms with Crippen LogP contribution in [0.5, 0.6) is 5.75 Å². The minimum atomic E-state index is -4.50. The van der Waals surface area contributed by atoms with Gasteiger partial charge in [0.05, 0.1) is 5.56 Å². The summed E-state index contributed by atoms with van der Waals surface area (Å²) in [4.78, 5) is 24.4. The normalized spacial score (nSPS) is 11.0. The molecule has 166 valence electrons. The number of carbonyl (C=O) groups is 2. The number of nitrogens with one attached hydrogen (secondary N) is 2. The molecule has 0 aliphatic heterocycles. The number of hydrogen-bond donors (Lipinski definition) is 2. The maximum Gasteiger partial charge on any atom is 0.416 e. The van der Waals surface area contributed by atoms with E-state index in [9.17, 15) is 22.8 Å². The SMILES string of the molecule is Cc1cc(C)cc(OCC(=O)Nc2ccc(C(=O)Nc3cccc(C(F)(F)F)c3)cc2)c1. The van der Waals surface area contributed by atoms with Crippen LogP contribution in [-0.2, 0) is 11.0 Å². The summed E-state index contributed by atoms with van der Waals surface area (Å²) in [5.41, 5.74) is 1.92. The molecule has 2 N–H and O–H groups in total. The van der Waals surface area contributed by atoms with Crippen molar-refractivity contribution in [1.29, 1.82) is 0 Å². The van der Waals surface area contributed by atoms with Gasteiger partial charge in [0, 0.05) is 16.9 Å². The van der Waals surface area contributed by atoms with Crippen molar-refractivity contribution < 1.29 is 27.5 Å². The van der Waals surface area contributed by atoms with Crippen LogP contribution in [0.25, 0.3) is 0 Å². The zero-order valence-electron chi connectivity index (χ0n) is 17.4. The number of halogens is 3. The summed E-state index contributed by atoms with van der Waals surface area (Å²) in [6.07, 6.45) is -4.50. The molecule has 2 amide bonds. The number of ether oxygens (including phenoxy) is 1. The van der Waals surface area contributed by atoms with Crippen LogP contribution in [0.2, 0.25) is 0 Å². The van der Waals surface area contributed by atoms with Crippen LogP contribution in [0.3, 0.4) is 0 Å². The Bertz CT molecular complexity index is 1110. The van der Waals surface area contributed by atoms with E-state index < -0.39 is 17.6 Å². The van der Waals surface area contributed by atoms with Gasteiger partial charge < -0.3 is 15.4 Å². The molecule has 0 aliphatic carbocycles. The van der Waals surface area contributed by atoms with Crippen LogP contribution in [0.15, 0.2) is 66.7 Å². The minimum absolute atomic E-state index is 0.0331. The minimum Gasteiger partial charge on any atom is -0.484 e. The Kier molecular flexibility index (Phi) is 6.82. The first-order valence-corrected chi connectivity index (χ1v) is 9.70. The second-order valence-corrected chi connectivity index (χ2v) is 7.27. The van der Waals surface area contributed by atoms with Gasteiger partial charge in [-0.1, -0.05) is 12.1 Å². The average Bonchev–Trinajstić information content (AvgIpc) is 2.72. The topological polar surface area (TPSA) is 67.4 Å². The van der Waals surface area contributed by atoms with Crippen molar-refractivity contribution in [2.75, 3.05) is 17.2 Å². The van der Waals surface area contributed by atoms with E-state index in [-0.39, 0.29) is 23.8 Å². The van der Waals surface area contributed by atoms with E-state index in [1.807, 2.05) is 32.0 Å². The van der Waals surface area contributed by atoms with Crippen molar-refractivity contribution in [1.82, 2.24) is 0 Å². The molecule has 32 heavy (non-hydrogen) atoms. The van der Waals surface area contributed by atoms with Gasteiger partial charge >= 0.3 is 6.18 Å². The molecule has 0 fully saturated rings. The maximum absolute atomic E-state index is 12.8. The van der Waals surface area contributed by atoms with Crippen LogP contribution >= 0.6 is 0 Å². The molecule has 0 aliphatic rings. The lowest BCUT2D eigenvalue weighted by Gasteiger charge is -2.11. The van der Waals surface area contributed by atoms with E-state index in [4.69, 9.17) is 4.74 Å². The smallest absolute Gasteiger partial charge is 0.416 e. The number of anilines is 2. The molecule has 0 saturated carbocycles. The molecule has 3 rings (SSSR count). The third-order valence-electron chi connectivity index (χ3n) is 4.44. The van der Waals surface area contributed by atoms with Gasteiger partial charge in [-0.15, -0.1) is 0 Å². The van der Waals surface area contributed by atoms with Crippen molar-refractivity contribution in [3.8, 4) is 5.75 Å². The molecule has 0 aromatic heterocycles. The van der Waals surface area contributed by atoms with Gasteiger partial charge in [0.2, 0.25) is 0 Å². The predicted molar refractivity (Wildman–Crippen MR) is 116 cm³/mol. The van der Waals surface area contributed by atoms with Crippen LogP contribution in [-0.4, -0.2) is 18.4 Å². The number of aryl methyl sites for hydroxylation is 2. The lowest BCUT2D eigenvalue weighted by Crippen LogP contribution is -2.20. The zero-order chi connectivity index (χ0) is 23.3. The highest BCUT2D eigenvalue weighted by atomic mass is 19.4. The zero-order valence-corrected chi connectivity index (χ0v) is 17.4. The molecule has 8 heteroatoms. The lowest BCUT2D eigenvalue weighted by molar-refractivity contribution is -0.137. The first-order valence-electron chi connectivity index (χ1n) is 9.70. The fraction of sp³-hybridized carbons (Fsp3) is 0.167. The van der Waals surface area contributed by atoms with Crippen LogP contribution in [0.1, 0.15) is 27.0 Å². The molecule has 0 saturated heterocycles. The van der Waals surface area contributed by atoms with E-state index in [2.05, 4.69) is 10.6 Å². The molecule has 0 bridgehead atoms. The van der Waals surface area contributed by atoms with Crippen LogP contribution in [0.4, 0.5) is 24.5 Å². The van der Waals surface area contributed by atoms with Crippen molar-refractivity contribution in [2.24, 2.45) is 0 Å². The Hall–Kier alpha value is -3.81. The van der Waals surface area contributed by atoms with Gasteiger partial charge in [-0.25, -0.2) is 0 Å². The highest BCUT2D eigenvalue weighted by Crippen LogP contribution is 2.30. The number of alkyl halides is 3. The Morgan fingerprint density at radius 1 is 0.844 bits per heavy atom. The number of hydrogen-bond acceptors (Lipinski definition) is 3. The summed E-state index contributed by atoms with van der Waals surface area (Å²) in [5.74, 6) is -0.343. The van der Waals surface area contributed by atoms with Gasteiger partial charge in [0.25, 0.3) is 11.8 Å². The fourth-order valence-electron chi connectivity index (χ4n) is 3.04. The fourth-order valence-corrected chi connectivity index (χ4v) is 3.04. The Morgan fingerprint density at radius 2 is 1.50 bits per heavy atom. The van der Waals surface area contributed by atoms with Crippen LogP contribution in [0, 0.1) is 13.8 Å². The molecule has 5 nitrogen and oxygen atoms in total. The lowest BCUT2D eigenvalue weighted by atomic mass is 10.1. The Labute approximate surface area is 183 Å². The molecule has 3 aromatic rings. The first kappa shape index (κ1) is 22.9. The number of benzene rings is 3. The van der Waals surface area contributed by atoms with Crippen molar-refractivity contribution in [3.63, 3.8) is 0 Å². The second-order valence-electron chi connectivity index (χ2n) is 7.27. The van der Waals surface area contributed by atoms with Crippen molar-refractivity contribution >= 4 is 23.2 Å². The molecular formula is C24H21F3N2O3. The quantitative estimate of drug-likeness (QED) is 0.523. The monoisotopic (exact) mass is 442 g/mol. The molecule has 0 radical (unpaired) electrons. The van der Waals surface area contributed by atoms with Gasteiger partial charge in [-0.05, 0) is 79.6 Å². The third kappa shape index (κ3) is 6.34. The molecule has 0 spiro atoms. The van der Waals surface area contributed by atoms with Gasteiger partial charge in [-0.3, -0.25) is 9.59 Å². The van der Waals surface area contributed by atoms with E-state index in [0.29, 0.717) is 11.4 Å². The molecular weight excluding hydrogens is 421 g/mol. The van der Waals surface area contributed by atoms with E-state index in [1.165, 1.54) is 36.4 Å². The summed E-state index contributed by atoms with van der Waals surface area (Å²) in [6, 6.07) is 16.0. The predicted octanol–water partition coefficient (Wildman–Crippen LogP) is 5.59. The van der Waals surface area contributed by atoms with E-state index in [0.717, 1.165) is 23.3 Å². The highest BCUT2D eigenvalue weighted by molar-refractivity contribution is 6.04. The summed E-state index contributed by atoms with van der Waals surface area (Å²) in [5, 5.41) is 5.09. The van der Waals surface area contributed by atoms with Gasteiger partial charge in [-0.2, -0.15) is 13.2 Å². The average molecular weight is 442 g/mol. The Balaban J connectivity index is 1.56. The molecule has 0 heterocycles. The largest absolute Gasteiger partial charge is 0.484 e. The highest BCUT2D eigenvalue weighted by Gasteiger charge is 2.30. The summed E-state index contributed by atoms with van der Waals surface area (Å²) in [7, 11) is 0. The number of carbonyl (C=O) groups excluding carboxylic acids is 2. The van der Waals surface area contributed by atoms with Gasteiger partial charge in [0.15, 0.2) is 6.61 Å². The van der Waals surface area contributed by atoms with Gasteiger partial charge in [0.1, 0.15) is 5.75 Å². The number of amides is 2. The summed E-state index contributed by atoms with van der Waals surface area (Å²) in [6.45, 7) is 3.69. The van der Waals surface area contributed by atoms with Crippen LogP contribution < -0.4 is 15.4 Å². The standard InChI is InChI=1S/C24H21F3N2O3/c1-15-10-16(2)12-21(11-15)32-14-22(30)28-19-8-6-17(7-9-19)23(31)29-20-5-3-4-18(13-20)24(25,26)27/h3-13H,14H2,1-2H3,(H,28,30)(H,29,31). The second kappa shape index (κ2) is 9.55. The third-order valence-corrected chi connectivity index (χ3v) is 4.44. The van der Waals surface area contributed by atoms with E-state index >= 15 is 0 Å². The van der Waals surface area contributed by atoms with Crippen molar-refractivity contribution in [3.05, 3.63) is 89.0 Å². The molecule has 0 unspecified atom stereocenters. The Morgan fingerprint density at radius 3 is 2.12 bits per heavy atom. The molecule has 0 atom stereocenters. The van der Waals surface area contributed by atoms with E-state index in [1.54, 1.807) is 0 Å². The first-order chi connectivity index (χ1) is 15.1. The van der Waals surface area contributed by atoms with Crippen molar-refractivity contribution in [2.45, 2.75) is 20.0 Å². The number of rotatable bonds is 6. The maximum atomic E-state index is 12.8. The molecule has 3 aromatic carbocycles. The summed E-state index contributed by atoms with van der Waals surface area (Å²) < 4.78 is 43.9. The summed E-state index contributed by atoms with van der Waals surface area (Å²) >= 11 is 0.